The number of nitro groups is 1. The van der Waals surface area contributed by atoms with Crippen LogP contribution >= 0.6 is 0 Å². The van der Waals surface area contributed by atoms with E-state index in [2.05, 4.69) is 12.2 Å². The van der Waals surface area contributed by atoms with Crippen molar-refractivity contribution in [1.29, 1.82) is 0 Å². The second kappa shape index (κ2) is 12.1. The highest BCUT2D eigenvalue weighted by Crippen LogP contribution is 2.32. The molecule has 4 rings (SSSR count). The Balaban J connectivity index is 1.42. The molecule has 1 amide bonds. The van der Waals surface area contributed by atoms with Crippen molar-refractivity contribution in [2.75, 3.05) is 49.6 Å². The second-order valence-electron chi connectivity index (χ2n) is 9.74. The van der Waals surface area contributed by atoms with Gasteiger partial charge in [-0.1, -0.05) is 13.0 Å². The molecule has 0 unspecified atom stereocenters. The molecule has 1 N–H and O–H groups in total. The van der Waals surface area contributed by atoms with Gasteiger partial charge in [0.05, 0.1) is 28.6 Å². The summed E-state index contributed by atoms with van der Waals surface area (Å²) in [5, 5.41) is 14.3. The molecule has 2 heterocycles. The van der Waals surface area contributed by atoms with Crippen molar-refractivity contribution in [3.05, 3.63) is 58.1 Å². The number of piperidine rings is 1. The first-order chi connectivity index (χ1) is 18.6. The van der Waals surface area contributed by atoms with E-state index >= 15 is 0 Å². The van der Waals surface area contributed by atoms with Gasteiger partial charge in [0.15, 0.2) is 6.10 Å². The number of morpholine rings is 1. The van der Waals surface area contributed by atoms with Gasteiger partial charge in [-0.15, -0.1) is 0 Å². The van der Waals surface area contributed by atoms with Crippen LogP contribution in [0.3, 0.4) is 0 Å². The highest BCUT2D eigenvalue weighted by Gasteiger charge is 2.28. The molecule has 2 saturated heterocycles. The SMILES string of the molecule is C[C@H]1CCCN(c2ccc(C(=O)O[C@@H](C)C(=O)Nc3cccc(S(=O)(=O)N4CCOCC4)c3)cc2[N+](=O)[O-])C1. The lowest BCUT2D eigenvalue weighted by molar-refractivity contribution is -0.384. The maximum atomic E-state index is 12.9. The maximum Gasteiger partial charge on any atom is 0.339 e. The molecule has 2 aliphatic rings. The number of esters is 1. The van der Waals surface area contributed by atoms with E-state index in [1.54, 1.807) is 0 Å². The predicted octanol–water partition coefficient (Wildman–Crippen LogP) is 3.04. The van der Waals surface area contributed by atoms with E-state index in [1.807, 2.05) is 4.90 Å². The molecule has 13 heteroatoms. The number of hydrogen-bond acceptors (Lipinski definition) is 9. The topological polar surface area (TPSA) is 148 Å². The van der Waals surface area contributed by atoms with Crippen molar-refractivity contribution in [3.8, 4) is 0 Å². The molecule has 0 aromatic heterocycles. The summed E-state index contributed by atoms with van der Waals surface area (Å²) in [5.74, 6) is -1.16. The number of carbonyl (C=O) groups excluding carboxylic acids is 2. The monoisotopic (exact) mass is 560 g/mol. The van der Waals surface area contributed by atoms with Gasteiger partial charge in [0.1, 0.15) is 5.69 Å². The molecule has 2 fully saturated rings. The zero-order valence-electron chi connectivity index (χ0n) is 21.9. The molecule has 2 atom stereocenters. The van der Waals surface area contributed by atoms with Crippen LogP contribution in [0, 0.1) is 16.0 Å². The van der Waals surface area contributed by atoms with Crippen LogP contribution in [-0.2, 0) is 24.3 Å². The number of ether oxygens (including phenoxy) is 2. The molecule has 2 aromatic carbocycles. The van der Waals surface area contributed by atoms with Gasteiger partial charge >= 0.3 is 5.97 Å². The summed E-state index contributed by atoms with van der Waals surface area (Å²) in [6.45, 7) is 5.93. The van der Waals surface area contributed by atoms with Gasteiger partial charge in [-0.05, 0) is 56.0 Å². The van der Waals surface area contributed by atoms with Crippen molar-refractivity contribution in [1.82, 2.24) is 4.31 Å². The zero-order chi connectivity index (χ0) is 28.2. The lowest BCUT2D eigenvalue weighted by Crippen LogP contribution is -2.40. The molecule has 2 aromatic rings. The van der Waals surface area contributed by atoms with Crippen LogP contribution in [0.15, 0.2) is 47.4 Å². The largest absolute Gasteiger partial charge is 0.449 e. The number of benzene rings is 2. The van der Waals surface area contributed by atoms with Crippen molar-refractivity contribution >= 4 is 39.0 Å². The van der Waals surface area contributed by atoms with E-state index in [0.717, 1.165) is 12.8 Å². The number of hydrogen-bond donors (Lipinski definition) is 1. The van der Waals surface area contributed by atoms with Crippen LogP contribution < -0.4 is 10.2 Å². The highest BCUT2D eigenvalue weighted by molar-refractivity contribution is 7.89. The third-order valence-electron chi connectivity index (χ3n) is 6.77. The molecule has 0 saturated carbocycles. The fourth-order valence-corrected chi connectivity index (χ4v) is 6.12. The van der Waals surface area contributed by atoms with Gasteiger partial charge in [0.2, 0.25) is 10.0 Å². The maximum absolute atomic E-state index is 12.9. The fraction of sp³-hybridized carbons (Fsp3) is 0.462. The minimum atomic E-state index is -3.76. The third-order valence-corrected chi connectivity index (χ3v) is 8.66. The number of carbonyl (C=O) groups is 2. The summed E-state index contributed by atoms with van der Waals surface area (Å²) in [5.41, 5.74) is 0.413. The molecular weight excluding hydrogens is 528 g/mol. The molecule has 210 valence electrons. The summed E-state index contributed by atoms with van der Waals surface area (Å²) in [7, 11) is -3.76. The Morgan fingerprint density at radius 2 is 1.90 bits per heavy atom. The zero-order valence-corrected chi connectivity index (χ0v) is 22.7. The van der Waals surface area contributed by atoms with Crippen LogP contribution in [-0.4, -0.2) is 75.0 Å². The Kier molecular flexibility index (Phi) is 8.83. The van der Waals surface area contributed by atoms with E-state index in [1.165, 1.54) is 53.7 Å². The number of amides is 1. The third kappa shape index (κ3) is 6.72. The number of anilines is 2. The number of nitrogens with one attached hydrogen (secondary N) is 1. The van der Waals surface area contributed by atoms with Gasteiger partial charge < -0.3 is 19.7 Å². The van der Waals surface area contributed by atoms with Gasteiger partial charge in [-0.25, -0.2) is 13.2 Å². The lowest BCUT2D eigenvalue weighted by Gasteiger charge is -2.32. The van der Waals surface area contributed by atoms with Crippen molar-refractivity contribution in [2.24, 2.45) is 5.92 Å². The normalized spacial score (nSPS) is 19.2. The summed E-state index contributed by atoms with van der Waals surface area (Å²) in [6.07, 6.45) is 0.734. The molecule has 39 heavy (non-hydrogen) atoms. The number of nitro benzene ring substituents is 1. The first-order valence-electron chi connectivity index (χ1n) is 12.8. The fourth-order valence-electron chi connectivity index (χ4n) is 4.67. The van der Waals surface area contributed by atoms with E-state index in [-0.39, 0.29) is 34.9 Å². The summed E-state index contributed by atoms with van der Waals surface area (Å²) < 4.78 is 37.6. The summed E-state index contributed by atoms with van der Waals surface area (Å²) >= 11 is 0. The van der Waals surface area contributed by atoms with Gasteiger partial charge in [0.25, 0.3) is 11.6 Å². The average molecular weight is 561 g/mol. The Labute approximate surface area is 227 Å². The highest BCUT2D eigenvalue weighted by atomic mass is 32.2. The lowest BCUT2D eigenvalue weighted by atomic mass is 9.99. The van der Waals surface area contributed by atoms with Crippen molar-refractivity contribution < 1.29 is 32.4 Å². The molecule has 12 nitrogen and oxygen atoms in total. The van der Waals surface area contributed by atoms with Gasteiger partial charge in [-0.3, -0.25) is 14.9 Å². The predicted molar refractivity (Wildman–Crippen MR) is 143 cm³/mol. The molecule has 2 aliphatic heterocycles. The number of nitrogens with zero attached hydrogens (tertiary/aromatic N) is 3. The van der Waals surface area contributed by atoms with Crippen LogP contribution in [0.2, 0.25) is 0 Å². The van der Waals surface area contributed by atoms with E-state index < -0.39 is 32.9 Å². The Bertz CT molecular complexity index is 1340. The van der Waals surface area contributed by atoms with Crippen molar-refractivity contribution in [2.45, 2.75) is 37.7 Å². The minimum Gasteiger partial charge on any atom is -0.449 e. The second-order valence-corrected chi connectivity index (χ2v) is 11.7. The summed E-state index contributed by atoms with van der Waals surface area (Å²) in [4.78, 5) is 38.7. The molecular formula is C26H32N4O8S. The van der Waals surface area contributed by atoms with Crippen LogP contribution in [0.1, 0.15) is 37.0 Å². The first kappa shape index (κ1) is 28.5. The molecule has 0 radical (unpaired) electrons. The van der Waals surface area contributed by atoms with Crippen LogP contribution in [0.5, 0.6) is 0 Å². The van der Waals surface area contributed by atoms with Gasteiger partial charge in [-0.2, -0.15) is 4.31 Å². The van der Waals surface area contributed by atoms with Crippen molar-refractivity contribution in [3.63, 3.8) is 0 Å². The summed E-state index contributed by atoms with van der Waals surface area (Å²) in [6, 6.07) is 9.96. The van der Waals surface area contributed by atoms with Crippen LogP contribution in [0.25, 0.3) is 0 Å². The first-order valence-corrected chi connectivity index (χ1v) is 14.2. The van der Waals surface area contributed by atoms with E-state index in [9.17, 15) is 28.1 Å². The Hall–Kier alpha value is -3.55. The van der Waals surface area contributed by atoms with Gasteiger partial charge in [0, 0.05) is 37.9 Å². The Morgan fingerprint density at radius 3 is 2.59 bits per heavy atom. The smallest absolute Gasteiger partial charge is 0.339 e. The number of rotatable bonds is 8. The molecule has 0 aliphatic carbocycles. The van der Waals surface area contributed by atoms with E-state index in [0.29, 0.717) is 37.9 Å². The average Bonchev–Trinajstić information content (AvgIpc) is 2.93. The quantitative estimate of drug-likeness (QED) is 0.292. The molecule has 0 bridgehead atoms. The Morgan fingerprint density at radius 1 is 1.15 bits per heavy atom. The molecule has 0 spiro atoms. The minimum absolute atomic E-state index is 0.0161. The standard InChI is InChI=1S/C26H32N4O8S/c1-18-5-4-10-28(17-18)23-9-8-20(15-24(23)30(33)34)26(32)38-19(2)25(31)27-21-6-3-7-22(16-21)39(35,36)29-11-13-37-14-12-29/h3,6-9,15-16,18-19H,4-5,10-14,17H2,1-2H3,(H,27,31)/t18-,19-/m0/s1. The number of sulfonamides is 1. The van der Waals surface area contributed by atoms with Crippen LogP contribution in [0.4, 0.5) is 17.1 Å². The van der Waals surface area contributed by atoms with E-state index in [4.69, 9.17) is 9.47 Å².